The number of ether oxygens (including phenoxy) is 2. The van der Waals surface area contributed by atoms with E-state index in [1.807, 2.05) is 49.5 Å². The molecule has 33 heavy (non-hydrogen) atoms. The number of methoxy groups -OCH3 is 1. The molecule has 1 aliphatic heterocycles. The summed E-state index contributed by atoms with van der Waals surface area (Å²) in [6.07, 6.45) is 1.74. The lowest BCUT2D eigenvalue weighted by molar-refractivity contribution is -0.116. The van der Waals surface area contributed by atoms with Gasteiger partial charge in [0.2, 0.25) is 5.91 Å². The molecule has 1 amide bonds. The molecular formula is C25H25N3O4S. The largest absolute Gasteiger partial charge is 0.493 e. The van der Waals surface area contributed by atoms with Gasteiger partial charge in [0.25, 0.3) is 5.56 Å². The summed E-state index contributed by atoms with van der Waals surface area (Å²) in [5.74, 6) is 1.46. The molecule has 170 valence electrons. The maximum Gasteiger partial charge on any atom is 0.279 e. The highest BCUT2D eigenvalue weighted by Crippen LogP contribution is 2.43. The zero-order valence-corrected chi connectivity index (χ0v) is 19.4. The molecule has 7 nitrogen and oxygen atoms in total. The van der Waals surface area contributed by atoms with Crippen molar-refractivity contribution in [3.05, 3.63) is 88.2 Å². The second-order valence-electron chi connectivity index (χ2n) is 7.58. The molecule has 0 fully saturated rings. The van der Waals surface area contributed by atoms with Crippen molar-refractivity contribution in [1.29, 1.82) is 0 Å². The van der Waals surface area contributed by atoms with Gasteiger partial charge >= 0.3 is 0 Å². The van der Waals surface area contributed by atoms with Gasteiger partial charge in [-0.15, -0.1) is 0 Å². The van der Waals surface area contributed by atoms with Crippen molar-refractivity contribution in [2.75, 3.05) is 19.0 Å². The number of amides is 1. The number of aromatic nitrogens is 2. The first kappa shape index (κ1) is 22.7. The minimum Gasteiger partial charge on any atom is -0.493 e. The third kappa shape index (κ3) is 4.66. The first-order valence-corrected chi connectivity index (χ1v) is 11.5. The average Bonchev–Trinajstić information content (AvgIpc) is 2.83. The fourth-order valence-electron chi connectivity index (χ4n) is 3.92. The number of carbonyl (C=O) groups is 1. The minimum absolute atomic E-state index is 0.109. The number of hydrogen-bond acceptors (Lipinski definition) is 6. The summed E-state index contributed by atoms with van der Waals surface area (Å²) in [6, 6.07) is 15.4. The van der Waals surface area contributed by atoms with E-state index in [2.05, 4.69) is 16.9 Å². The number of hydrogen-bond donors (Lipinski definition) is 1. The Morgan fingerprint density at radius 3 is 2.73 bits per heavy atom. The number of thioether (sulfide) groups is 1. The molecule has 0 saturated carbocycles. The molecule has 2 heterocycles. The Balaban J connectivity index is 1.77. The van der Waals surface area contributed by atoms with E-state index in [1.165, 1.54) is 11.8 Å². The molecule has 1 N–H and O–H groups in total. The van der Waals surface area contributed by atoms with Crippen molar-refractivity contribution in [1.82, 2.24) is 9.55 Å². The van der Waals surface area contributed by atoms with Crippen LogP contribution in [-0.2, 0) is 17.6 Å². The summed E-state index contributed by atoms with van der Waals surface area (Å²) >= 11 is 1.45. The van der Waals surface area contributed by atoms with Crippen LogP contribution >= 0.6 is 11.8 Å². The lowest BCUT2D eigenvalue weighted by Crippen LogP contribution is -2.33. The molecule has 0 aliphatic carbocycles. The molecule has 1 aliphatic rings. The Labute approximate surface area is 196 Å². The van der Waals surface area contributed by atoms with E-state index >= 15 is 0 Å². The topological polar surface area (TPSA) is 82.4 Å². The first-order valence-electron chi connectivity index (χ1n) is 10.5. The molecule has 0 spiro atoms. The normalized spacial score (nSPS) is 14.8. The van der Waals surface area contributed by atoms with E-state index in [0.29, 0.717) is 39.4 Å². The predicted molar refractivity (Wildman–Crippen MR) is 129 cm³/mol. The third-order valence-corrected chi connectivity index (χ3v) is 6.56. The Bertz CT molecular complexity index is 1240. The van der Waals surface area contributed by atoms with Gasteiger partial charge in [-0.1, -0.05) is 66.9 Å². The van der Waals surface area contributed by atoms with Gasteiger partial charge in [0.15, 0.2) is 16.7 Å². The molecule has 3 aromatic rings. The van der Waals surface area contributed by atoms with Gasteiger partial charge < -0.3 is 19.4 Å². The third-order valence-electron chi connectivity index (χ3n) is 5.46. The molecule has 1 unspecified atom stereocenters. The van der Waals surface area contributed by atoms with Gasteiger partial charge in [-0.25, -0.2) is 0 Å². The van der Waals surface area contributed by atoms with E-state index in [-0.39, 0.29) is 24.5 Å². The lowest BCUT2D eigenvalue weighted by Gasteiger charge is -2.29. The molecular weight excluding hydrogens is 438 g/mol. The maximum absolute atomic E-state index is 13.2. The summed E-state index contributed by atoms with van der Waals surface area (Å²) in [5, 5.41) is 3.42. The van der Waals surface area contributed by atoms with Gasteiger partial charge in [0.05, 0.1) is 12.7 Å². The van der Waals surface area contributed by atoms with E-state index in [1.54, 1.807) is 23.8 Å². The molecule has 1 atom stereocenters. The zero-order chi connectivity index (χ0) is 23.4. The molecule has 4 rings (SSSR count). The van der Waals surface area contributed by atoms with Gasteiger partial charge in [0.1, 0.15) is 12.4 Å². The predicted octanol–water partition coefficient (Wildman–Crippen LogP) is 4.12. The first-order chi connectivity index (χ1) is 16.0. The minimum atomic E-state index is -0.511. The van der Waals surface area contributed by atoms with Crippen LogP contribution in [0.5, 0.6) is 11.5 Å². The van der Waals surface area contributed by atoms with E-state index in [0.717, 1.165) is 5.56 Å². The van der Waals surface area contributed by atoms with Crippen molar-refractivity contribution in [3.8, 4) is 11.5 Å². The molecule has 1 aromatic heterocycles. The Morgan fingerprint density at radius 1 is 1.21 bits per heavy atom. The second-order valence-corrected chi connectivity index (χ2v) is 8.52. The van der Waals surface area contributed by atoms with Crippen molar-refractivity contribution < 1.29 is 14.3 Å². The number of anilines is 1. The highest BCUT2D eigenvalue weighted by atomic mass is 32.2. The number of carbonyl (C=O) groups excluding carboxylic acids is 1. The van der Waals surface area contributed by atoms with Crippen LogP contribution in [-0.4, -0.2) is 29.2 Å². The smallest absolute Gasteiger partial charge is 0.279 e. The van der Waals surface area contributed by atoms with Crippen LogP contribution in [0, 0.1) is 0 Å². The molecule has 0 radical (unpaired) electrons. The van der Waals surface area contributed by atoms with Gasteiger partial charge in [-0.3, -0.25) is 9.59 Å². The maximum atomic E-state index is 13.2. The fourth-order valence-corrected chi connectivity index (χ4v) is 4.84. The van der Waals surface area contributed by atoms with Crippen LogP contribution in [0.1, 0.15) is 29.0 Å². The number of nitrogens with zero attached hydrogens (tertiary/aromatic N) is 2. The summed E-state index contributed by atoms with van der Waals surface area (Å²) in [4.78, 5) is 30.3. The Hall–Kier alpha value is -3.52. The highest BCUT2D eigenvalue weighted by Gasteiger charge is 2.34. The SMILES string of the molecule is C=CCOc1c(OC)cccc1C1CC(=O)Nc2c1c(=O)nc(SCc1ccccc1)n2C. The average molecular weight is 464 g/mol. The summed E-state index contributed by atoms with van der Waals surface area (Å²) in [5.41, 5.74) is 1.91. The molecule has 0 saturated heterocycles. The standard InChI is InChI=1S/C25H25N3O4S/c1-4-13-32-22-17(11-8-12-19(22)31-3)18-14-20(29)26-23-21(18)24(30)27-25(28(23)2)33-15-16-9-6-5-7-10-16/h4-12,18H,1,13-15H2,2-3H3,(H,26,29). The van der Waals surface area contributed by atoms with Crippen LogP contribution in [0.2, 0.25) is 0 Å². The zero-order valence-electron chi connectivity index (χ0n) is 18.5. The quantitative estimate of drug-likeness (QED) is 0.307. The van der Waals surface area contributed by atoms with Crippen molar-refractivity contribution in [3.63, 3.8) is 0 Å². The van der Waals surface area contributed by atoms with E-state index in [4.69, 9.17) is 9.47 Å². The van der Waals surface area contributed by atoms with Crippen molar-refractivity contribution in [2.24, 2.45) is 7.05 Å². The fraction of sp³-hybridized carbons (Fsp3) is 0.240. The van der Waals surface area contributed by atoms with Crippen LogP contribution in [0.3, 0.4) is 0 Å². The highest BCUT2D eigenvalue weighted by molar-refractivity contribution is 7.98. The summed E-state index contributed by atoms with van der Waals surface area (Å²) in [7, 11) is 3.36. The Kier molecular flexibility index (Phi) is 6.84. The van der Waals surface area contributed by atoms with Crippen LogP contribution < -0.4 is 20.3 Å². The number of fused-ring (bicyclic) bond motifs is 1. The lowest BCUT2D eigenvalue weighted by atomic mass is 9.86. The molecule has 8 heteroatoms. The summed E-state index contributed by atoms with van der Waals surface area (Å²) in [6.45, 7) is 3.97. The second kappa shape index (κ2) is 9.95. The van der Waals surface area contributed by atoms with E-state index in [9.17, 15) is 9.59 Å². The molecule has 2 aromatic carbocycles. The van der Waals surface area contributed by atoms with Crippen LogP contribution in [0.25, 0.3) is 0 Å². The monoisotopic (exact) mass is 463 g/mol. The summed E-state index contributed by atoms with van der Waals surface area (Å²) < 4.78 is 13.1. The number of benzene rings is 2. The number of para-hydroxylation sites is 1. The van der Waals surface area contributed by atoms with Gasteiger partial charge in [-0.05, 0) is 11.6 Å². The van der Waals surface area contributed by atoms with Crippen LogP contribution in [0.15, 0.2) is 71.1 Å². The van der Waals surface area contributed by atoms with Gasteiger partial charge in [0, 0.05) is 30.7 Å². The Morgan fingerprint density at radius 2 is 2.00 bits per heavy atom. The van der Waals surface area contributed by atoms with Crippen molar-refractivity contribution in [2.45, 2.75) is 23.2 Å². The molecule has 0 bridgehead atoms. The van der Waals surface area contributed by atoms with Gasteiger partial charge in [-0.2, -0.15) is 4.98 Å². The van der Waals surface area contributed by atoms with E-state index < -0.39 is 5.92 Å². The number of nitrogens with one attached hydrogen (secondary N) is 1. The number of rotatable bonds is 8. The van der Waals surface area contributed by atoms with Crippen molar-refractivity contribution >= 4 is 23.5 Å². The van der Waals surface area contributed by atoms with Crippen LogP contribution in [0.4, 0.5) is 5.82 Å².